The highest BCUT2D eigenvalue weighted by atomic mass is 16.5. The van der Waals surface area contributed by atoms with Crippen molar-refractivity contribution in [3.05, 3.63) is 77.0 Å². The summed E-state index contributed by atoms with van der Waals surface area (Å²) in [7, 11) is 0. The summed E-state index contributed by atoms with van der Waals surface area (Å²) >= 11 is 0. The summed E-state index contributed by atoms with van der Waals surface area (Å²) in [4.78, 5) is 13.7. The molecule has 0 unspecified atom stereocenters. The molecule has 0 spiro atoms. The molecule has 0 bridgehead atoms. The number of carbonyl (C=O) groups is 1. The van der Waals surface area contributed by atoms with Gasteiger partial charge in [0.15, 0.2) is 0 Å². The second kappa shape index (κ2) is 9.08. The van der Waals surface area contributed by atoms with E-state index < -0.39 is 5.97 Å². The molecule has 5 heteroatoms. The summed E-state index contributed by atoms with van der Waals surface area (Å²) in [5.41, 5.74) is 7.33. The molecule has 0 radical (unpaired) electrons. The number of ether oxygens (including phenoxy) is 1. The van der Waals surface area contributed by atoms with Crippen molar-refractivity contribution in [1.82, 2.24) is 9.47 Å². The van der Waals surface area contributed by atoms with Gasteiger partial charge in [-0.2, -0.15) is 0 Å². The molecule has 1 aliphatic rings. The molecule has 0 aliphatic carbocycles. The van der Waals surface area contributed by atoms with Crippen LogP contribution >= 0.6 is 0 Å². The quantitative estimate of drug-likeness (QED) is 0.605. The maximum Gasteiger partial charge on any atom is 0.335 e. The molecule has 0 amide bonds. The third kappa shape index (κ3) is 4.58. The second-order valence-electron chi connectivity index (χ2n) is 8.49. The van der Waals surface area contributed by atoms with Crippen molar-refractivity contribution in [3.63, 3.8) is 0 Å². The largest absolute Gasteiger partial charge is 0.478 e. The number of benzene rings is 2. The lowest BCUT2D eigenvalue weighted by Gasteiger charge is -2.26. The summed E-state index contributed by atoms with van der Waals surface area (Å²) in [5.74, 6) is -0.420. The number of hydrogen-bond donors (Lipinski definition) is 1. The van der Waals surface area contributed by atoms with Gasteiger partial charge < -0.3 is 14.4 Å². The van der Waals surface area contributed by atoms with Gasteiger partial charge in [-0.15, -0.1) is 0 Å². The monoisotopic (exact) mass is 418 g/mol. The molecular weight excluding hydrogens is 388 g/mol. The lowest BCUT2D eigenvalue weighted by molar-refractivity contribution is 0.0341. The number of carboxylic acids is 1. The van der Waals surface area contributed by atoms with Crippen LogP contribution < -0.4 is 0 Å². The lowest BCUT2D eigenvalue weighted by atomic mass is 10.0. The van der Waals surface area contributed by atoms with E-state index in [1.165, 1.54) is 16.8 Å². The second-order valence-corrected chi connectivity index (χ2v) is 8.49. The van der Waals surface area contributed by atoms with Gasteiger partial charge in [0.2, 0.25) is 0 Å². The topological polar surface area (TPSA) is 54.7 Å². The normalized spacial score (nSPS) is 14.8. The van der Waals surface area contributed by atoms with Gasteiger partial charge in [0.25, 0.3) is 0 Å². The van der Waals surface area contributed by atoms with E-state index in [-0.39, 0.29) is 0 Å². The van der Waals surface area contributed by atoms with Crippen molar-refractivity contribution < 1.29 is 14.6 Å². The number of nitrogens with zero attached hydrogens (tertiary/aromatic N) is 2. The van der Waals surface area contributed by atoms with Crippen molar-refractivity contribution in [2.75, 3.05) is 26.3 Å². The highest BCUT2D eigenvalue weighted by Gasteiger charge is 2.19. The Morgan fingerprint density at radius 3 is 2.26 bits per heavy atom. The van der Waals surface area contributed by atoms with Crippen molar-refractivity contribution in [3.8, 4) is 16.9 Å². The van der Waals surface area contributed by atoms with Crippen LogP contribution in [0.4, 0.5) is 0 Å². The summed E-state index contributed by atoms with van der Waals surface area (Å²) in [6, 6.07) is 18.2. The average Bonchev–Trinajstić information content (AvgIpc) is 3.10. The van der Waals surface area contributed by atoms with Crippen molar-refractivity contribution in [2.45, 2.75) is 33.2 Å². The predicted octanol–water partition coefficient (Wildman–Crippen LogP) is 5.11. The Hall–Kier alpha value is -2.89. The molecule has 5 nitrogen and oxygen atoms in total. The molecule has 1 saturated heterocycles. The van der Waals surface area contributed by atoms with Gasteiger partial charge >= 0.3 is 5.97 Å². The van der Waals surface area contributed by atoms with Crippen LogP contribution in [0.5, 0.6) is 0 Å². The number of carboxylic acid groups (broad SMARTS) is 1. The molecule has 0 atom stereocenters. The van der Waals surface area contributed by atoms with Gasteiger partial charge in [0, 0.05) is 31.0 Å². The Morgan fingerprint density at radius 2 is 1.68 bits per heavy atom. The highest BCUT2D eigenvalue weighted by Crippen LogP contribution is 2.31. The van der Waals surface area contributed by atoms with Crippen LogP contribution in [0.25, 0.3) is 16.9 Å². The number of morpholine rings is 1. The molecule has 0 saturated carbocycles. The van der Waals surface area contributed by atoms with Gasteiger partial charge in [-0.1, -0.05) is 38.1 Å². The predicted molar refractivity (Wildman–Crippen MR) is 123 cm³/mol. The SMILES string of the molecule is Cc1c(CN2CCOCC2)cc(-c2ccc(C(C)C)cc2)n1-c1ccc(C(=O)O)cc1. The van der Waals surface area contributed by atoms with Crippen LogP contribution in [-0.2, 0) is 11.3 Å². The maximum atomic E-state index is 11.3. The average molecular weight is 419 g/mol. The van der Waals surface area contributed by atoms with Crippen LogP contribution in [0, 0.1) is 6.92 Å². The van der Waals surface area contributed by atoms with Crippen molar-refractivity contribution >= 4 is 5.97 Å². The zero-order chi connectivity index (χ0) is 22.0. The molecule has 2 aromatic carbocycles. The summed E-state index contributed by atoms with van der Waals surface area (Å²) in [6.45, 7) is 10.9. The van der Waals surface area contributed by atoms with Gasteiger partial charge in [0.1, 0.15) is 0 Å². The Bertz CT molecular complexity index is 1040. The van der Waals surface area contributed by atoms with E-state index in [2.05, 4.69) is 60.6 Å². The molecule has 1 N–H and O–H groups in total. The fraction of sp³-hybridized carbons (Fsp3) is 0.346. The Labute approximate surface area is 183 Å². The Morgan fingerprint density at radius 1 is 1.03 bits per heavy atom. The van der Waals surface area contributed by atoms with Crippen LogP contribution in [0.3, 0.4) is 0 Å². The van der Waals surface area contributed by atoms with Crippen LogP contribution in [0.2, 0.25) is 0 Å². The van der Waals surface area contributed by atoms with Crippen LogP contribution in [0.15, 0.2) is 54.6 Å². The van der Waals surface area contributed by atoms with E-state index in [0.29, 0.717) is 11.5 Å². The maximum absolute atomic E-state index is 11.3. The lowest BCUT2D eigenvalue weighted by Crippen LogP contribution is -2.35. The third-order valence-corrected chi connectivity index (χ3v) is 6.10. The Kier molecular flexibility index (Phi) is 6.25. The standard InChI is InChI=1S/C26H30N2O3/c1-18(2)20-4-6-21(7-5-20)25-16-23(17-27-12-14-31-15-13-27)19(3)28(25)24-10-8-22(9-11-24)26(29)30/h4-11,16,18H,12-15,17H2,1-3H3,(H,29,30). The van der Waals surface area contributed by atoms with Gasteiger partial charge in [0.05, 0.1) is 24.5 Å². The van der Waals surface area contributed by atoms with E-state index in [9.17, 15) is 9.90 Å². The summed E-state index contributed by atoms with van der Waals surface area (Å²) in [6.07, 6.45) is 0. The summed E-state index contributed by atoms with van der Waals surface area (Å²) in [5, 5.41) is 9.27. The minimum absolute atomic E-state index is 0.296. The van der Waals surface area contributed by atoms with Gasteiger partial charge in [-0.25, -0.2) is 4.79 Å². The molecule has 1 fully saturated rings. The zero-order valence-corrected chi connectivity index (χ0v) is 18.5. The minimum Gasteiger partial charge on any atom is -0.478 e. The third-order valence-electron chi connectivity index (χ3n) is 6.10. The number of aromatic nitrogens is 1. The molecule has 1 aliphatic heterocycles. The number of rotatable bonds is 6. The van der Waals surface area contributed by atoms with E-state index >= 15 is 0 Å². The number of aromatic carboxylic acids is 1. The van der Waals surface area contributed by atoms with Crippen molar-refractivity contribution in [2.24, 2.45) is 0 Å². The fourth-order valence-corrected chi connectivity index (χ4v) is 4.16. The molecular formula is C26H30N2O3. The zero-order valence-electron chi connectivity index (χ0n) is 18.5. The van der Waals surface area contributed by atoms with Crippen LogP contribution in [0.1, 0.15) is 46.9 Å². The first-order valence-corrected chi connectivity index (χ1v) is 10.9. The van der Waals surface area contributed by atoms with Gasteiger partial charge in [-0.05, 0) is 59.9 Å². The van der Waals surface area contributed by atoms with E-state index in [0.717, 1.165) is 49.8 Å². The first kappa shape index (κ1) is 21.3. The van der Waals surface area contributed by atoms with Crippen molar-refractivity contribution in [1.29, 1.82) is 0 Å². The fourth-order valence-electron chi connectivity index (χ4n) is 4.16. The first-order chi connectivity index (χ1) is 14.9. The molecule has 2 heterocycles. The van der Waals surface area contributed by atoms with E-state index in [1.54, 1.807) is 12.1 Å². The molecule has 162 valence electrons. The summed E-state index contributed by atoms with van der Waals surface area (Å²) < 4.78 is 7.74. The molecule has 4 rings (SSSR count). The highest BCUT2D eigenvalue weighted by molar-refractivity contribution is 5.87. The van der Waals surface area contributed by atoms with Gasteiger partial charge in [-0.3, -0.25) is 4.90 Å². The first-order valence-electron chi connectivity index (χ1n) is 10.9. The Balaban J connectivity index is 1.77. The van der Waals surface area contributed by atoms with E-state index in [4.69, 9.17) is 4.74 Å². The van der Waals surface area contributed by atoms with E-state index in [1.807, 2.05) is 12.1 Å². The minimum atomic E-state index is -0.909. The smallest absolute Gasteiger partial charge is 0.335 e. The molecule has 1 aromatic heterocycles. The van der Waals surface area contributed by atoms with Crippen LogP contribution in [-0.4, -0.2) is 46.8 Å². The molecule has 3 aromatic rings. The molecule has 31 heavy (non-hydrogen) atoms. The number of hydrogen-bond acceptors (Lipinski definition) is 3.